The van der Waals surface area contributed by atoms with Gasteiger partial charge in [0, 0.05) is 143 Å². The Balaban J connectivity index is 0.000000159. The van der Waals surface area contributed by atoms with E-state index >= 15 is 0 Å². The van der Waals surface area contributed by atoms with Gasteiger partial charge in [-0.3, -0.25) is 4.79 Å². The van der Waals surface area contributed by atoms with Crippen LogP contribution in [0.2, 0.25) is 0 Å². The van der Waals surface area contributed by atoms with E-state index in [1.807, 2.05) is 200 Å². The van der Waals surface area contributed by atoms with E-state index in [0.717, 1.165) is 82.9 Å². The maximum absolute atomic E-state index is 12.7. The van der Waals surface area contributed by atoms with Gasteiger partial charge >= 0.3 is 23.9 Å². The summed E-state index contributed by atoms with van der Waals surface area (Å²) in [6, 6.07) is 55.3. The summed E-state index contributed by atoms with van der Waals surface area (Å²) in [6.07, 6.45) is 5.79. The number of para-hydroxylation sites is 3. The standard InChI is InChI=1S/C25H20N2O3.C19H15N3O2.C14H16N2O2.C13H14N2O3/c1-17(26-30-18(2)28)23-16-27(24-11-7-6-10-22(23)24)21-14-12-20(13-15-21)25(29)19-8-4-3-5-9-19;1-13(21-24-14(2)23)18-12-22(19-6-4-3-5-17(18)19)16-9-7-15(11-20)8-10-16;1-9(15-18-11(3)17)14-10(2)16(4)13-8-6-5-7-12(13)14;1-8(14-18-9(2)16)12-7-15(3)13-5-4-10(17)6-11(12)13/h3-16H,1-2H3;3-10,12H,1-2H3;5-8H,1-4H3;4-7,17H,1-3H3/b26-17+;21-13+;15-9+;14-8+. The fourth-order valence-corrected chi connectivity index (χ4v) is 9.96. The number of ketones is 1. The molecule has 4 aromatic heterocycles. The number of aromatic hydroxyl groups is 1. The zero-order valence-electron chi connectivity index (χ0n) is 51.5. The van der Waals surface area contributed by atoms with Crippen LogP contribution in [0.3, 0.4) is 0 Å². The second-order valence-electron chi connectivity index (χ2n) is 20.7. The number of carbonyl (C=O) groups is 5. The molecule has 0 aliphatic heterocycles. The summed E-state index contributed by atoms with van der Waals surface area (Å²) in [6.45, 7) is 14.5. The first-order valence-corrected chi connectivity index (χ1v) is 28.3. The van der Waals surface area contributed by atoms with E-state index in [1.54, 1.807) is 45.0 Å². The van der Waals surface area contributed by atoms with Crippen LogP contribution in [0.25, 0.3) is 55.0 Å². The van der Waals surface area contributed by atoms with Gasteiger partial charge in [-0.15, -0.1) is 0 Å². The molecule has 0 radical (unpaired) electrons. The van der Waals surface area contributed by atoms with Crippen molar-refractivity contribution < 1.29 is 48.4 Å². The first kappa shape index (κ1) is 64.2. The zero-order valence-corrected chi connectivity index (χ0v) is 51.5. The van der Waals surface area contributed by atoms with Crippen LogP contribution in [0, 0.1) is 18.3 Å². The van der Waals surface area contributed by atoms with E-state index in [9.17, 15) is 29.1 Å². The van der Waals surface area contributed by atoms with E-state index in [1.165, 1.54) is 27.7 Å². The van der Waals surface area contributed by atoms with Crippen molar-refractivity contribution in [2.24, 2.45) is 34.7 Å². The van der Waals surface area contributed by atoms with Crippen LogP contribution in [0.1, 0.15) is 105 Å². The van der Waals surface area contributed by atoms with Crippen molar-refractivity contribution in [2.45, 2.75) is 62.3 Å². The number of hydrogen-bond acceptors (Lipinski definition) is 15. The van der Waals surface area contributed by atoms with Crippen LogP contribution in [0.5, 0.6) is 5.75 Å². The van der Waals surface area contributed by atoms with Crippen molar-refractivity contribution in [2.75, 3.05) is 0 Å². The van der Waals surface area contributed by atoms with Crippen molar-refractivity contribution in [1.29, 1.82) is 5.26 Å². The van der Waals surface area contributed by atoms with Gasteiger partial charge in [0.25, 0.3) is 0 Å². The second kappa shape index (κ2) is 29.1. The molecule has 0 spiro atoms. The molecular formula is C71H65N9O10. The number of carbonyl (C=O) groups excluding carboxylic acids is 5. The highest BCUT2D eigenvalue weighted by atomic mass is 16.7. The number of phenolic OH excluding ortho intramolecular Hbond substituents is 1. The number of phenols is 1. The van der Waals surface area contributed by atoms with Gasteiger partial charge in [-0.1, -0.05) is 106 Å². The van der Waals surface area contributed by atoms with Gasteiger partial charge in [0.2, 0.25) is 0 Å². The Morgan fingerprint density at radius 1 is 0.433 bits per heavy atom. The summed E-state index contributed by atoms with van der Waals surface area (Å²) in [4.78, 5) is 75.2. The van der Waals surface area contributed by atoms with Crippen LogP contribution < -0.4 is 0 Å². The maximum Gasteiger partial charge on any atom is 0.331 e. The molecule has 19 heteroatoms. The Hall–Kier alpha value is -11.8. The SMILES string of the molecule is CC(=O)O/N=C(\C)c1c(C)n(C)c2ccccc12.CC(=O)O/N=C(\C)c1cn(-c2ccc(C#N)cc2)c2ccccc12.CC(=O)O/N=C(\C)c1cn(-c2ccc(C(=O)c3ccccc3)cc2)c2ccccc12.CC(=O)O/N=C(\C)c1cn(C)c2ccc(O)cc12. The van der Waals surface area contributed by atoms with Gasteiger partial charge in [-0.25, -0.2) is 19.2 Å². The Morgan fingerprint density at radius 2 is 0.833 bits per heavy atom. The third-order valence-corrected chi connectivity index (χ3v) is 14.3. The van der Waals surface area contributed by atoms with Crippen molar-refractivity contribution in [3.63, 3.8) is 0 Å². The summed E-state index contributed by atoms with van der Waals surface area (Å²) in [5.41, 5.74) is 15.1. The third-order valence-electron chi connectivity index (χ3n) is 14.3. The summed E-state index contributed by atoms with van der Waals surface area (Å²) in [5, 5.41) is 37.9. The van der Waals surface area contributed by atoms with E-state index in [0.29, 0.717) is 39.5 Å². The quantitative estimate of drug-likeness (QED) is 0.0522. The molecular weight excluding hydrogens is 1140 g/mol. The topological polar surface area (TPSA) is 235 Å². The van der Waals surface area contributed by atoms with Crippen LogP contribution >= 0.6 is 0 Å². The fourth-order valence-electron chi connectivity index (χ4n) is 9.96. The summed E-state index contributed by atoms with van der Waals surface area (Å²) in [5.74, 6) is -1.61. The lowest BCUT2D eigenvalue weighted by Crippen LogP contribution is -2.01. The van der Waals surface area contributed by atoms with Gasteiger partial charge in [-0.2, -0.15) is 5.26 Å². The summed E-state index contributed by atoms with van der Waals surface area (Å²) < 4.78 is 8.10. The predicted molar refractivity (Wildman–Crippen MR) is 349 cm³/mol. The highest BCUT2D eigenvalue weighted by molar-refractivity contribution is 6.13. The highest BCUT2D eigenvalue weighted by Gasteiger charge is 2.18. The number of nitrogens with zero attached hydrogens (tertiary/aromatic N) is 9. The molecule has 11 aromatic rings. The monoisotopic (exact) mass is 1200 g/mol. The van der Waals surface area contributed by atoms with E-state index < -0.39 is 23.9 Å². The van der Waals surface area contributed by atoms with Crippen LogP contribution in [0.15, 0.2) is 209 Å². The average molecular weight is 1200 g/mol. The molecule has 0 amide bonds. The Labute approximate surface area is 519 Å². The first-order chi connectivity index (χ1) is 43.1. The minimum absolute atomic E-state index is 0.00966. The minimum atomic E-state index is -0.461. The molecule has 0 bridgehead atoms. The predicted octanol–water partition coefficient (Wildman–Crippen LogP) is 13.9. The number of aromatic nitrogens is 4. The van der Waals surface area contributed by atoms with Crippen LogP contribution in [-0.4, -0.2) is 75.9 Å². The Kier molecular flexibility index (Phi) is 20.7. The average Bonchev–Trinajstić information content (AvgIpc) is 1.71. The highest BCUT2D eigenvalue weighted by Crippen LogP contribution is 2.30. The number of nitriles is 1. The van der Waals surface area contributed by atoms with Gasteiger partial charge < -0.3 is 42.7 Å². The number of rotatable bonds is 12. The molecule has 19 nitrogen and oxygen atoms in total. The molecule has 0 aliphatic carbocycles. The van der Waals surface area contributed by atoms with E-state index in [4.69, 9.17) is 19.8 Å². The molecule has 7 aromatic carbocycles. The lowest BCUT2D eigenvalue weighted by molar-refractivity contribution is -0.141. The fraction of sp³-hybridized carbons (Fsp3) is 0.155. The lowest BCUT2D eigenvalue weighted by Gasteiger charge is -2.07. The molecule has 11 rings (SSSR count). The second-order valence-corrected chi connectivity index (χ2v) is 20.7. The molecule has 0 saturated heterocycles. The molecule has 454 valence electrons. The van der Waals surface area contributed by atoms with Gasteiger partial charge in [-0.05, 0) is 120 Å². The minimum Gasteiger partial charge on any atom is -0.508 e. The third kappa shape index (κ3) is 15.2. The van der Waals surface area contributed by atoms with Crippen LogP contribution in [-0.2, 0) is 52.6 Å². The van der Waals surface area contributed by atoms with E-state index in [-0.39, 0.29) is 11.5 Å². The summed E-state index contributed by atoms with van der Waals surface area (Å²) >= 11 is 0. The molecule has 0 unspecified atom stereocenters. The molecule has 0 atom stereocenters. The van der Waals surface area contributed by atoms with Gasteiger partial charge in [0.1, 0.15) is 5.75 Å². The molecule has 1 N–H and O–H groups in total. The molecule has 0 aliphatic rings. The molecule has 0 saturated carbocycles. The largest absolute Gasteiger partial charge is 0.508 e. The Bertz CT molecular complexity index is 4670. The first-order valence-electron chi connectivity index (χ1n) is 28.3. The molecule has 90 heavy (non-hydrogen) atoms. The lowest BCUT2D eigenvalue weighted by atomic mass is 10.0. The van der Waals surface area contributed by atoms with E-state index in [2.05, 4.69) is 42.2 Å². The Morgan fingerprint density at radius 3 is 1.30 bits per heavy atom. The maximum atomic E-state index is 12.7. The summed E-state index contributed by atoms with van der Waals surface area (Å²) in [7, 11) is 3.92. The zero-order chi connectivity index (χ0) is 64.8. The number of fused-ring (bicyclic) bond motifs is 4. The normalized spacial score (nSPS) is 11.6. The smallest absolute Gasteiger partial charge is 0.331 e. The van der Waals surface area contributed by atoms with Crippen LogP contribution in [0.4, 0.5) is 0 Å². The number of oxime groups is 4. The van der Waals surface area contributed by atoms with Gasteiger partial charge in [0.05, 0.1) is 45.5 Å². The molecule has 0 fully saturated rings. The van der Waals surface area contributed by atoms with Crippen molar-refractivity contribution in [1.82, 2.24) is 18.3 Å². The number of aryl methyl sites for hydroxylation is 2. The van der Waals surface area contributed by atoms with Crippen molar-refractivity contribution >= 4 is 96.1 Å². The van der Waals surface area contributed by atoms with Gasteiger partial charge in [0.15, 0.2) is 5.78 Å². The molecule has 4 heterocycles. The van der Waals surface area contributed by atoms with Crippen molar-refractivity contribution in [3.8, 4) is 23.2 Å². The van der Waals surface area contributed by atoms with Crippen molar-refractivity contribution in [3.05, 3.63) is 233 Å². The number of benzene rings is 7. The number of hydrogen-bond donors (Lipinski definition) is 1.